The van der Waals surface area contributed by atoms with E-state index in [-0.39, 0.29) is 16.7 Å². The van der Waals surface area contributed by atoms with Crippen molar-refractivity contribution in [2.45, 2.75) is 5.92 Å². The van der Waals surface area contributed by atoms with Crippen molar-refractivity contribution in [3.05, 3.63) is 65.2 Å². The molecule has 0 fully saturated rings. The third-order valence-electron chi connectivity index (χ3n) is 2.97. The number of hydrogen-bond donors (Lipinski definition) is 1. The van der Waals surface area contributed by atoms with Crippen molar-refractivity contribution >= 4 is 5.69 Å². The van der Waals surface area contributed by atoms with Gasteiger partial charge in [0, 0.05) is 11.3 Å². The number of hydrogen-bond acceptors (Lipinski definition) is 3. The van der Waals surface area contributed by atoms with Crippen molar-refractivity contribution in [2.75, 3.05) is 11.9 Å². The fourth-order valence-electron chi connectivity index (χ4n) is 1.84. The van der Waals surface area contributed by atoms with Gasteiger partial charge >= 0.3 is 0 Å². The summed E-state index contributed by atoms with van der Waals surface area (Å²) in [5.41, 5.74) is 0.677. The van der Waals surface area contributed by atoms with Gasteiger partial charge < -0.3 is 5.32 Å². The minimum atomic E-state index is -3.03. The van der Waals surface area contributed by atoms with Crippen LogP contribution in [0.4, 0.5) is 14.5 Å². The van der Waals surface area contributed by atoms with Crippen LogP contribution in [0.1, 0.15) is 16.7 Å². The van der Waals surface area contributed by atoms with Gasteiger partial charge in [-0.25, -0.2) is 0 Å². The second-order valence-corrected chi connectivity index (χ2v) is 4.41. The molecule has 0 saturated heterocycles. The number of halogens is 2. The zero-order chi connectivity index (χ0) is 15.3. The Labute approximate surface area is 121 Å². The summed E-state index contributed by atoms with van der Waals surface area (Å²) in [4.78, 5) is 0. The average molecular weight is 283 g/mol. The molecule has 0 unspecified atom stereocenters. The van der Waals surface area contributed by atoms with Crippen LogP contribution in [0.5, 0.6) is 0 Å². The summed E-state index contributed by atoms with van der Waals surface area (Å²) >= 11 is 0. The Morgan fingerprint density at radius 3 is 2.24 bits per heavy atom. The van der Waals surface area contributed by atoms with Crippen LogP contribution in [0.2, 0.25) is 0 Å². The van der Waals surface area contributed by atoms with Gasteiger partial charge in [0.15, 0.2) is 0 Å². The van der Waals surface area contributed by atoms with Crippen LogP contribution in [0.3, 0.4) is 0 Å². The van der Waals surface area contributed by atoms with E-state index in [4.69, 9.17) is 10.5 Å². The van der Waals surface area contributed by atoms with Crippen LogP contribution in [0.25, 0.3) is 0 Å². The molecule has 0 saturated carbocycles. The molecule has 0 spiro atoms. The molecule has 0 amide bonds. The Morgan fingerprint density at radius 1 is 0.952 bits per heavy atom. The van der Waals surface area contributed by atoms with Gasteiger partial charge in [-0.15, -0.1) is 0 Å². The lowest BCUT2D eigenvalue weighted by molar-refractivity contribution is 0.0106. The topological polar surface area (TPSA) is 59.6 Å². The van der Waals surface area contributed by atoms with Gasteiger partial charge in [0.2, 0.25) is 0 Å². The lowest BCUT2D eigenvalue weighted by Gasteiger charge is -2.18. The summed E-state index contributed by atoms with van der Waals surface area (Å²) in [5, 5.41) is 20.3. The largest absolute Gasteiger partial charge is 0.379 e. The lowest BCUT2D eigenvalue weighted by Crippen LogP contribution is -2.24. The average Bonchev–Trinajstić information content (AvgIpc) is 2.53. The van der Waals surface area contributed by atoms with Crippen LogP contribution in [-0.2, 0) is 5.92 Å². The summed E-state index contributed by atoms with van der Waals surface area (Å²) in [7, 11) is 0. The molecule has 1 N–H and O–H groups in total. The van der Waals surface area contributed by atoms with E-state index in [1.165, 1.54) is 30.3 Å². The van der Waals surface area contributed by atoms with Crippen LogP contribution in [0.15, 0.2) is 48.5 Å². The number of rotatable bonds is 4. The van der Waals surface area contributed by atoms with Gasteiger partial charge in [-0.05, 0) is 18.2 Å². The first-order chi connectivity index (χ1) is 10.1. The van der Waals surface area contributed by atoms with Crippen molar-refractivity contribution in [1.29, 1.82) is 10.5 Å². The van der Waals surface area contributed by atoms with Crippen molar-refractivity contribution in [2.24, 2.45) is 0 Å². The lowest BCUT2D eigenvalue weighted by atomic mass is 10.1. The van der Waals surface area contributed by atoms with E-state index >= 15 is 0 Å². The molecule has 0 aliphatic carbocycles. The zero-order valence-corrected chi connectivity index (χ0v) is 11.0. The molecule has 0 aliphatic heterocycles. The molecule has 0 atom stereocenters. The fraction of sp³-hybridized carbons (Fsp3) is 0.125. The van der Waals surface area contributed by atoms with Crippen molar-refractivity contribution < 1.29 is 8.78 Å². The Hall–Kier alpha value is -2.92. The molecule has 21 heavy (non-hydrogen) atoms. The summed E-state index contributed by atoms with van der Waals surface area (Å²) < 4.78 is 28.0. The second-order valence-electron chi connectivity index (χ2n) is 4.41. The van der Waals surface area contributed by atoms with E-state index in [0.717, 1.165) is 0 Å². The van der Waals surface area contributed by atoms with Crippen LogP contribution in [-0.4, -0.2) is 6.54 Å². The van der Waals surface area contributed by atoms with E-state index < -0.39 is 12.5 Å². The molecule has 3 nitrogen and oxygen atoms in total. The highest BCUT2D eigenvalue weighted by atomic mass is 19.3. The normalized spacial score (nSPS) is 10.5. The van der Waals surface area contributed by atoms with Crippen molar-refractivity contribution in [3.63, 3.8) is 0 Å². The van der Waals surface area contributed by atoms with Gasteiger partial charge in [0.05, 0.1) is 17.7 Å². The molecular formula is C16H11F2N3. The number of anilines is 1. The molecule has 0 heterocycles. The first-order valence-electron chi connectivity index (χ1n) is 6.18. The smallest absolute Gasteiger partial charge is 0.290 e. The predicted molar refractivity (Wildman–Crippen MR) is 74.7 cm³/mol. The molecule has 2 aromatic carbocycles. The zero-order valence-electron chi connectivity index (χ0n) is 11.0. The number of nitriles is 2. The van der Waals surface area contributed by atoms with Crippen LogP contribution < -0.4 is 5.32 Å². The number of alkyl halides is 2. The second kappa shape index (κ2) is 6.02. The predicted octanol–water partition coefficient (Wildman–Crippen LogP) is 3.63. The molecule has 0 aliphatic rings. The third kappa shape index (κ3) is 3.34. The highest BCUT2D eigenvalue weighted by molar-refractivity contribution is 5.56. The number of nitrogens with one attached hydrogen (secondary N) is 1. The van der Waals surface area contributed by atoms with Gasteiger partial charge in [-0.3, -0.25) is 0 Å². The standard InChI is InChI=1S/C16H11F2N3/c17-16(18,14-4-2-1-3-5-14)11-21-15-7-6-12(9-19)13(8-15)10-20/h1-8,21H,11H2. The monoisotopic (exact) mass is 283 g/mol. The summed E-state index contributed by atoms with van der Waals surface area (Å²) in [6.07, 6.45) is 0. The molecule has 0 aromatic heterocycles. The fourth-order valence-corrected chi connectivity index (χ4v) is 1.84. The van der Waals surface area contributed by atoms with Gasteiger partial charge in [0.25, 0.3) is 5.92 Å². The minimum absolute atomic E-state index is 0.0772. The third-order valence-corrected chi connectivity index (χ3v) is 2.97. The summed E-state index contributed by atoms with van der Waals surface area (Å²) in [6.45, 7) is -0.590. The maximum absolute atomic E-state index is 14.0. The van der Waals surface area contributed by atoms with Crippen LogP contribution >= 0.6 is 0 Å². The number of nitrogens with zero attached hydrogens (tertiary/aromatic N) is 2. The van der Waals surface area contributed by atoms with Gasteiger partial charge in [-0.1, -0.05) is 30.3 Å². The van der Waals surface area contributed by atoms with E-state index in [9.17, 15) is 8.78 Å². The Balaban J connectivity index is 2.14. The van der Waals surface area contributed by atoms with E-state index in [1.54, 1.807) is 18.2 Å². The minimum Gasteiger partial charge on any atom is -0.379 e. The molecule has 0 radical (unpaired) electrons. The molecule has 104 valence electrons. The van der Waals surface area contributed by atoms with Gasteiger partial charge in [0.1, 0.15) is 12.1 Å². The molecule has 2 rings (SSSR count). The molecule has 0 bridgehead atoms. The van der Waals surface area contributed by atoms with Crippen molar-refractivity contribution in [1.82, 2.24) is 0 Å². The summed E-state index contributed by atoms with van der Waals surface area (Å²) in [6, 6.07) is 15.6. The first kappa shape index (κ1) is 14.5. The Morgan fingerprint density at radius 2 is 1.62 bits per heavy atom. The maximum atomic E-state index is 14.0. The highest BCUT2D eigenvalue weighted by Crippen LogP contribution is 2.28. The Bertz CT molecular complexity index is 713. The van der Waals surface area contributed by atoms with E-state index in [0.29, 0.717) is 5.69 Å². The summed E-state index contributed by atoms with van der Waals surface area (Å²) in [5.74, 6) is -3.03. The Kier molecular flexibility index (Phi) is 4.15. The molecule has 2 aromatic rings. The number of benzene rings is 2. The molecular weight excluding hydrogens is 272 g/mol. The quantitative estimate of drug-likeness (QED) is 0.932. The first-order valence-corrected chi connectivity index (χ1v) is 6.18. The van der Waals surface area contributed by atoms with E-state index in [1.807, 2.05) is 12.1 Å². The highest BCUT2D eigenvalue weighted by Gasteiger charge is 2.30. The van der Waals surface area contributed by atoms with Crippen molar-refractivity contribution in [3.8, 4) is 12.1 Å². The SMILES string of the molecule is N#Cc1ccc(NCC(F)(F)c2ccccc2)cc1C#N. The maximum Gasteiger partial charge on any atom is 0.290 e. The molecule has 5 heteroatoms. The van der Waals surface area contributed by atoms with E-state index in [2.05, 4.69) is 5.32 Å². The van der Waals surface area contributed by atoms with Gasteiger partial charge in [-0.2, -0.15) is 19.3 Å². The van der Waals surface area contributed by atoms with Crippen LogP contribution in [0, 0.1) is 22.7 Å².